The topological polar surface area (TPSA) is 38.3 Å². The second-order valence-electron chi connectivity index (χ2n) is 3.05. The number of carbonyl (C=O) groups excluding carboxylic acids is 1. The van der Waals surface area contributed by atoms with Gasteiger partial charge in [-0.15, -0.1) is 0 Å². The first-order valence-electron chi connectivity index (χ1n) is 4.65. The number of nitrogens with one attached hydrogen (secondary N) is 1. The minimum Gasteiger partial charge on any atom is -0.490 e. The maximum Gasteiger partial charge on any atom is 0.223 e. The van der Waals surface area contributed by atoms with Gasteiger partial charge >= 0.3 is 0 Å². The van der Waals surface area contributed by atoms with Crippen molar-refractivity contribution in [2.24, 2.45) is 0 Å². The van der Waals surface area contributed by atoms with E-state index in [4.69, 9.17) is 4.74 Å². The van der Waals surface area contributed by atoms with E-state index < -0.39 is 5.82 Å². The zero-order valence-electron chi connectivity index (χ0n) is 8.76. The van der Waals surface area contributed by atoms with Gasteiger partial charge in [-0.2, -0.15) is 0 Å². The molecule has 0 spiro atoms. The van der Waals surface area contributed by atoms with Crippen LogP contribution in [0.5, 0.6) is 5.75 Å². The van der Waals surface area contributed by atoms with Crippen LogP contribution < -0.4 is 10.1 Å². The summed E-state index contributed by atoms with van der Waals surface area (Å²) in [5.41, 5.74) is 0.410. The molecule has 15 heavy (non-hydrogen) atoms. The van der Waals surface area contributed by atoms with Gasteiger partial charge in [-0.3, -0.25) is 4.79 Å². The van der Waals surface area contributed by atoms with Crippen molar-refractivity contribution in [3.63, 3.8) is 0 Å². The van der Waals surface area contributed by atoms with E-state index in [0.717, 1.165) is 0 Å². The first kappa shape index (κ1) is 11.5. The van der Waals surface area contributed by atoms with Crippen LogP contribution in [0.25, 0.3) is 0 Å². The molecule has 81 valence electrons. The summed E-state index contributed by atoms with van der Waals surface area (Å²) in [4.78, 5) is 10.9. The molecule has 0 saturated heterocycles. The highest BCUT2D eigenvalue weighted by molar-refractivity contribution is 5.75. The van der Waals surface area contributed by atoms with E-state index in [1.165, 1.54) is 6.07 Å². The maximum absolute atomic E-state index is 13.4. The Morgan fingerprint density at radius 3 is 3.07 bits per heavy atom. The van der Waals surface area contributed by atoms with Crippen molar-refractivity contribution < 1.29 is 13.9 Å². The van der Waals surface area contributed by atoms with Gasteiger partial charge in [-0.25, -0.2) is 4.39 Å². The molecular formula is C11H13FNO2. The number of hydrogen-bond acceptors (Lipinski definition) is 2. The van der Waals surface area contributed by atoms with Crippen molar-refractivity contribution in [2.45, 2.75) is 13.3 Å². The number of rotatable bonds is 4. The molecule has 1 amide bonds. The summed E-state index contributed by atoms with van der Waals surface area (Å²) < 4.78 is 18.5. The van der Waals surface area contributed by atoms with Crippen molar-refractivity contribution in [3.8, 4) is 5.75 Å². The average Bonchev–Trinajstić information content (AvgIpc) is 2.24. The summed E-state index contributed by atoms with van der Waals surface area (Å²) in [6.45, 7) is 1.78. The Morgan fingerprint density at radius 1 is 1.67 bits per heavy atom. The molecule has 0 aliphatic rings. The number of hydrogen-bond donors (Lipinski definition) is 1. The molecule has 0 saturated carbocycles. The molecule has 1 radical (unpaired) electrons. The Hall–Kier alpha value is -1.58. The second-order valence-corrected chi connectivity index (χ2v) is 3.05. The number of aryl methyl sites for hydroxylation is 1. The van der Waals surface area contributed by atoms with Gasteiger partial charge in [0, 0.05) is 7.05 Å². The molecule has 3 nitrogen and oxygen atoms in total. The number of amides is 1. The van der Waals surface area contributed by atoms with E-state index in [1.807, 2.05) is 0 Å². The highest BCUT2D eigenvalue weighted by Crippen LogP contribution is 2.19. The molecule has 1 aromatic carbocycles. The normalized spacial score (nSPS) is 9.80. The lowest BCUT2D eigenvalue weighted by Gasteiger charge is -2.07. The smallest absolute Gasteiger partial charge is 0.223 e. The summed E-state index contributed by atoms with van der Waals surface area (Å²) in [6, 6.07) is 5.80. The molecular weight excluding hydrogens is 197 g/mol. The van der Waals surface area contributed by atoms with Crippen molar-refractivity contribution >= 4 is 5.91 Å². The number of carbonyl (C=O) groups is 1. The lowest BCUT2D eigenvalue weighted by atomic mass is 10.2. The second kappa shape index (κ2) is 5.34. The van der Waals surface area contributed by atoms with Gasteiger partial charge in [0.15, 0.2) is 11.6 Å². The molecule has 0 aromatic heterocycles. The summed E-state index contributed by atoms with van der Waals surface area (Å²) in [5, 5.41) is 2.46. The molecule has 0 unspecified atom stereocenters. The van der Waals surface area contributed by atoms with Crippen LogP contribution >= 0.6 is 0 Å². The van der Waals surface area contributed by atoms with Crippen molar-refractivity contribution in [3.05, 3.63) is 29.6 Å². The average molecular weight is 210 g/mol. The van der Waals surface area contributed by atoms with Crippen LogP contribution in [-0.2, 0) is 4.79 Å². The number of benzene rings is 1. The largest absolute Gasteiger partial charge is 0.490 e. The standard InChI is InChI=1S/C11H13FNO2/c1-8-4-3-5-9(11(8)12)15-7-6-10(14)13-2/h3,5H,6-7H2,1-2H3,(H,13,14). The van der Waals surface area contributed by atoms with Crippen LogP contribution in [0.3, 0.4) is 0 Å². The molecule has 0 aliphatic carbocycles. The van der Waals surface area contributed by atoms with E-state index in [1.54, 1.807) is 20.0 Å². The minimum atomic E-state index is -0.422. The van der Waals surface area contributed by atoms with E-state index in [9.17, 15) is 9.18 Å². The third-order valence-electron chi connectivity index (χ3n) is 1.95. The zero-order chi connectivity index (χ0) is 11.3. The molecule has 1 aromatic rings. The number of halogens is 1. The van der Waals surface area contributed by atoms with Gasteiger partial charge in [-0.05, 0) is 24.6 Å². The molecule has 0 fully saturated rings. The van der Waals surface area contributed by atoms with Crippen molar-refractivity contribution in [2.75, 3.05) is 13.7 Å². The highest BCUT2D eigenvalue weighted by atomic mass is 19.1. The van der Waals surface area contributed by atoms with Gasteiger partial charge in [0.1, 0.15) is 0 Å². The first-order chi connectivity index (χ1) is 7.15. The molecule has 0 atom stereocenters. The molecule has 0 bridgehead atoms. The van der Waals surface area contributed by atoms with Crippen LogP contribution in [0.2, 0.25) is 0 Å². The Morgan fingerprint density at radius 2 is 2.40 bits per heavy atom. The van der Waals surface area contributed by atoms with Crippen molar-refractivity contribution in [1.29, 1.82) is 0 Å². The number of ether oxygens (including phenoxy) is 1. The van der Waals surface area contributed by atoms with Crippen LogP contribution in [0, 0.1) is 18.8 Å². The fourth-order valence-electron chi connectivity index (χ4n) is 1.05. The van der Waals surface area contributed by atoms with Gasteiger partial charge in [0.05, 0.1) is 13.0 Å². The van der Waals surface area contributed by atoms with Gasteiger partial charge in [0.25, 0.3) is 0 Å². The van der Waals surface area contributed by atoms with Crippen LogP contribution in [0.15, 0.2) is 12.1 Å². The van der Waals surface area contributed by atoms with E-state index in [2.05, 4.69) is 11.4 Å². The SMILES string of the molecule is CNC(=O)CCOc1cc[c]c(C)c1F. The summed E-state index contributed by atoms with van der Waals surface area (Å²) in [5.74, 6) is -0.390. The molecule has 0 aliphatic heterocycles. The lowest BCUT2D eigenvalue weighted by Crippen LogP contribution is -2.20. The predicted molar refractivity (Wildman–Crippen MR) is 54.2 cm³/mol. The monoisotopic (exact) mass is 210 g/mol. The molecule has 1 rings (SSSR count). The van der Waals surface area contributed by atoms with Crippen LogP contribution in [-0.4, -0.2) is 19.6 Å². The third kappa shape index (κ3) is 3.23. The Kier molecular flexibility index (Phi) is 4.09. The Balaban J connectivity index is 2.51. The Labute approximate surface area is 88.2 Å². The fourth-order valence-corrected chi connectivity index (χ4v) is 1.05. The van der Waals surface area contributed by atoms with Crippen molar-refractivity contribution in [1.82, 2.24) is 5.32 Å². The molecule has 1 N–H and O–H groups in total. The minimum absolute atomic E-state index is 0.130. The lowest BCUT2D eigenvalue weighted by molar-refractivity contribution is -0.121. The Bertz CT molecular complexity index is 352. The van der Waals surface area contributed by atoms with Gasteiger partial charge in [-0.1, -0.05) is 6.07 Å². The predicted octanol–water partition coefficient (Wildman–Crippen LogP) is 1.45. The van der Waals surface area contributed by atoms with Crippen LogP contribution in [0.1, 0.15) is 12.0 Å². The summed E-state index contributed by atoms with van der Waals surface area (Å²) in [7, 11) is 1.55. The van der Waals surface area contributed by atoms with E-state index in [0.29, 0.717) is 5.56 Å². The van der Waals surface area contributed by atoms with E-state index >= 15 is 0 Å². The van der Waals surface area contributed by atoms with Crippen LogP contribution in [0.4, 0.5) is 4.39 Å². The first-order valence-corrected chi connectivity index (χ1v) is 4.65. The molecule has 0 heterocycles. The highest BCUT2D eigenvalue weighted by Gasteiger charge is 2.06. The quantitative estimate of drug-likeness (QED) is 0.816. The fraction of sp³-hybridized carbons (Fsp3) is 0.364. The van der Waals surface area contributed by atoms with E-state index in [-0.39, 0.29) is 24.7 Å². The molecule has 4 heteroatoms. The summed E-state index contributed by atoms with van der Waals surface area (Å²) in [6.07, 6.45) is 0.216. The third-order valence-corrected chi connectivity index (χ3v) is 1.95. The summed E-state index contributed by atoms with van der Waals surface area (Å²) >= 11 is 0. The zero-order valence-corrected chi connectivity index (χ0v) is 8.76. The maximum atomic E-state index is 13.4. The van der Waals surface area contributed by atoms with Gasteiger partial charge < -0.3 is 10.1 Å². The van der Waals surface area contributed by atoms with Gasteiger partial charge in [0.2, 0.25) is 5.91 Å².